The molecule has 10 nitrogen and oxygen atoms in total. The van der Waals surface area contributed by atoms with Crippen molar-refractivity contribution in [2.24, 2.45) is 0 Å². The van der Waals surface area contributed by atoms with E-state index in [0.29, 0.717) is 68.5 Å². The van der Waals surface area contributed by atoms with Gasteiger partial charge < -0.3 is 28.9 Å². The van der Waals surface area contributed by atoms with Crippen LogP contribution < -0.4 is 19.7 Å². The number of ether oxygens (including phenoxy) is 3. The molecule has 0 fully saturated rings. The molecule has 1 unspecified atom stereocenters. The van der Waals surface area contributed by atoms with Gasteiger partial charge in [-0.05, 0) is 38.0 Å². The van der Waals surface area contributed by atoms with Crippen LogP contribution in [0.25, 0.3) is 11.1 Å². The predicted molar refractivity (Wildman–Crippen MR) is 189 cm³/mol. The molecule has 1 aliphatic heterocycles. The van der Waals surface area contributed by atoms with E-state index in [1.54, 1.807) is 13.3 Å². The summed E-state index contributed by atoms with van der Waals surface area (Å²) in [5, 5.41) is 8.36. The molecular formula is C37H47ClN5O5+. The molecule has 2 aromatic carbocycles. The zero-order chi connectivity index (χ0) is 34.3. The zero-order valence-corrected chi connectivity index (χ0v) is 29.4. The molecule has 5 rings (SSSR count). The van der Waals surface area contributed by atoms with Gasteiger partial charge in [-0.2, -0.15) is 5.10 Å². The summed E-state index contributed by atoms with van der Waals surface area (Å²) < 4.78 is 20.8. The van der Waals surface area contributed by atoms with Gasteiger partial charge in [0.25, 0.3) is 0 Å². The molecule has 1 aromatic heterocycles. The quantitative estimate of drug-likeness (QED) is 0.188. The lowest BCUT2D eigenvalue weighted by atomic mass is 9.89. The number of likely N-dealkylation sites (N-methyl/N-ethyl adjacent to an activating group) is 1. The number of rotatable bonds is 13. The van der Waals surface area contributed by atoms with Crippen LogP contribution in [0.2, 0.25) is 5.02 Å². The Hall–Kier alpha value is -4.12. The van der Waals surface area contributed by atoms with Crippen LogP contribution in [0.3, 0.4) is 0 Å². The van der Waals surface area contributed by atoms with E-state index in [9.17, 15) is 9.59 Å². The van der Waals surface area contributed by atoms with Crippen LogP contribution in [0.5, 0.6) is 11.5 Å². The van der Waals surface area contributed by atoms with Crippen molar-refractivity contribution < 1.29 is 28.3 Å². The first-order valence-corrected chi connectivity index (χ1v) is 16.9. The van der Waals surface area contributed by atoms with Crippen molar-refractivity contribution in [2.45, 2.75) is 44.8 Å². The minimum atomic E-state index is -0.729. The summed E-state index contributed by atoms with van der Waals surface area (Å²) >= 11 is 6.22. The molecule has 0 spiro atoms. The third kappa shape index (κ3) is 8.66. The number of fused-ring (bicyclic) bond motifs is 1. The number of hydrogen-bond donors (Lipinski definition) is 1. The fourth-order valence-electron chi connectivity index (χ4n) is 5.91. The van der Waals surface area contributed by atoms with Crippen LogP contribution in [0.4, 0.5) is 5.69 Å². The third-order valence-electron chi connectivity index (χ3n) is 8.70. The molecule has 0 bridgehead atoms. The molecule has 11 heteroatoms. The highest BCUT2D eigenvalue weighted by atomic mass is 35.5. The molecule has 1 atom stereocenters. The predicted octanol–water partition coefficient (Wildman–Crippen LogP) is 5.58. The molecule has 256 valence electrons. The molecule has 1 N–H and O–H groups in total. The van der Waals surface area contributed by atoms with E-state index in [2.05, 4.69) is 31.6 Å². The maximum atomic E-state index is 13.5. The fraction of sp³-hybridized carbons (Fsp3) is 0.432. The summed E-state index contributed by atoms with van der Waals surface area (Å²) in [6.07, 6.45) is 11.5. The minimum Gasteiger partial charge on any atom is -0.493 e. The maximum absolute atomic E-state index is 13.5. The van der Waals surface area contributed by atoms with E-state index >= 15 is 0 Å². The highest BCUT2D eigenvalue weighted by molar-refractivity contribution is 6.31. The van der Waals surface area contributed by atoms with Crippen molar-refractivity contribution >= 4 is 29.1 Å². The Bertz CT molecular complexity index is 1680. The Morgan fingerprint density at radius 3 is 2.77 bits per heavy atom. The zero-order valence-electron chi connectivity index (χ0n) is 28.6. The summed E-state index contributed by atoms with van der Waals surface area (Å²) in [6.45, 7) is 5.26. The van der Waals surface area contributed by atoms with Crippen LogP contribution in [0, 0.1) is 6.92 Å². The summed E-state index contributed by atoms with van der Waals surface area (Å²) in [6, 6.07) is 11.4. The first-order chi connectivity index (χ1) is 23.0. The molecule has 2 heterocycles. The van der Waals surface area contributed by atoms with Gasteiger partial charge in [0.1, 0.15) is 11.4 Å². The number of halogens is 1. The average molecular weight is 677 g/mol. The Kier molecular flexibility index (Phi) is 11.3. The first kappa shape index (κ1) is 35.2. The van der Waals surface area contributed by atoms with Crippen molar-refractivity contribution in [3.8, 4) is 22.6 Å². The number of allylic oxidation sites excluding steroid dienone is 2. The molecule has 2 amide bonds. The highest BCUT2D eigenvalue weighted by Gasteiger charge is 2.33. The fourth-order valence-corrected chi connectivity index (χ4v) is 6.07. The average Bonchev–Trinajstić information content (AvgIpc) is 3.40. The van der Waals surface area contributed by atoms with Gasteiger partial charge in [0.15, 0.2) is 5.75 Å². The standard InChI is InChI=1S/C37H46ClN5O5/c1-27-31(38)13-7-15-33(27)47-21-9-16-34(44)42-19-10-22-48-35-30(12-6-14-32(35)42)29-24-40-41(25-29)26-37(46-5)17-8-11-28(23-37)36(45)39-18-20-43(2,3)4/h6-8,11-15,17,24-25H,9-10,16,18-23,26H2,1-5H3/p+1. The van der Waals surface area contributed by atoms with E-state index < -0.39 is 5.60 Å². The van der Waals surface area contributed by atoms with Gasteiger partial charge in [-0.15, -0.1) is 0 Å². The monoisotopic (exact) mass is 676 g/mol. The van der Waals surface area contributed by atoms with Crippen molar-refractivity contribution in [3.05, 3.63) is 83.2 Å². The van der Waals surface area contributed by atoms with Crippen molar-refractivity contribution in [1.29, 1.82) is 0 Å². The van der Waals surface area contributed by atoms with Crippen LogP contribution in [-0.2, 0) is 20.9 Å². The Balaban J connectivity index is 1.25. The number of hydrogen-bond acceptors (Lipinski definition) is 6. The normalized spacial score (nSPS) is 17.6. The van der Waals surface area contributed by atoms with Gasteiger partial charge >= 0.3 is 0 Å². The number of anilines is 1. The lowest BCUT2D eigenvalue weighted by molar-refractivity contribution is -0.869. The number of benzene rings is 2. The molecule has 0 radical (unpaired) electrons. The second kappa shape index (κ2) is 15.4. The number of nitrogens with zero attached hydrogens (tertiary/aromatic N) is 4. The number of carbonyl (C=O) groups is 2. The van der Waals surface area contributed by atoms with E-state index in [0.717, 1.165) is 45.6 Å². The van der Waals surface area contributed by atoms with E-state index in [1.165, 1.54) is 0 Å². The number of methoxy groups -OCH3 is 1. The Morgan fingerprint density at radius 2 is 1.98 bits per heavy atom. The molecule has 0 saturated carbocycles. The van der Waals surface area contributed by atoms with Gasteiger partial charge in [-0.3, -0.25) is 14.3 Å². The summed E-state index contributed by atoms with van der Waals surface area (Å²) in [5.41, 5.74) is 3.32. The largest absolute Gasteiger partial charge is 0.493 e. The van der Waals surface area contributed by atoms with Crippen LogP contribution >= 0.6 is 11.6 Å². The first-order valence-electron chi connectivity index (χ1n) is 16.5. The molecule has 1 aliphatic carbocycles. The van der Waals surface area contributed by atoms with Crippen LogP contribution in [0.15, 0.2) is 72.6 Å². The Labute approximate surface area is 288 Å². The second-order valence-electron chi connectivity index (χ2n) is 13.4. The molecule has 2 aliphatic rings. The number of para-hydroxylation sites is 1. The van der Waals surface area contributed by atoms with Crippen LogP contribution in [-0.4, -0.2) is 92.8 Å². The van der Waals surface area contributed by atoms with Gasteiger partial charge in [0.05, 0.1) is 65.9 Å². The van der Waals surface area contributed by atoms with Gasteiger partial charge in [-0.25, -0.2) is 0 Å². The Morgan fingerprint density at radius 1 is 1.17 bits per heavy atom. The summed E-state index contributed by atoms with van der Waals surface area (Å²) in [4.78, 5) is 28.3. The molecule has 3 aromatic rings. The topological polar surface area (TPSA) is 94.9 Å². The molecular weight excluding hydrogens is 630 g/mol. The van der Waals surface area contributed by atoms with E-state index in [4.69, 9.17) is 25.8 Å². The van der Waals surface area contributed by atoms with Gasteiger partial charge in [0.2, 0.25) is 11.8 Å². The number of nitrogens with one attached hydrogen (secondary N) is 1. The lowest BCUT2D eigenvalue weighted by Gasteiger charge is -2.32. The second-order valence-corrected chi connectivity index (χ2v) is 13.8. The van der Waals surface area contributed by atoms with Crippen LogP contribution in [0.1, 0.15) is 31.2 Å². The molecule has 48 heavy (non-hydrogen) atoms. The number of quaternary nitrogens is 1. The number of carbonyl (C=O) groups excluding carboxylic acids is 2. The minimum absolute atomic E-state index is 0.0255. The SMILES string of the molecule is COC1(Cn2cc(-c3cccc4c3OCCCN4C(=O)CCCOc3cccc(Cl)c3C)cn2)C=CC=C(C(=O)NCC[N+](C)(C)C)C1. The van der Waals surface area contributed by atoms with Crippen molar-refractivity contribution in [3.63, 3.8) is 0 Å². The smallest absolute Gasteiger partial charge is 0.247 e. The summed E-state index contributed by atoms with van der Waals surface area (Å²) in [5.74, 6) is 1.35. The number of amides is 2. The maximum Gasteiger partial charge on any atom is 0.247 e. The van der Waals surface area contributed by atoms with Gasteiger partial charge in [0, 0.05) is 60.0 Å². The third-order valence-corrected chi connectivity index (χ3v) is 9.11. The van der Waals surface area contributed by atoms with E-state index in [-0.39, 0.29) is 11.8 Å². The van der Waals surface area contributed by atoms with Crippen molar-refractivity contribution in [2.75, 3.05) is 66.0 Å². The van der Waals surface area contributed by atoms with Crippen molar-refractivity contribution in [1.82, 2.24) is 15.1 Å². The summed E-state index contributed by atoms with van der Waals surface area (Å²) in [7, 11) is 7.95. The molecule has 0 saturated heterocycles. The number of aromatic nitrogens is 2. The van der Waals surface area contributed by atoms with E-state index in [1.807, 2.05) is 77.3 Å². The highest BCUT2D eigenvalue weighted by Crippen LogP contribution is 2.41. The lowest BCUT2D eigenvalue weighted by Crippen LogP contribution is -2.43. The van der Waals surface area contributed by atoms with Gasteiger partial charge in [-0.1, -0.05) is 48.0 Å².